The number of nitrogens with one attached hydrogen (secondary N) is 2. The number of carbonyl (C=O) groups is 2. The maximum absolute atomic E-state index is 13.0. The quantitative estimate of drug-likeness (QED) is 0.822. The Kier molecular flexibility index (Phi) is 4.37. The average molecular weight is 396 g/mol. The van der Waals surface area contributed by atoms with Crippen molar-refractivity contribution in [3.63, 3.8) is 0 Å². The third-order valence-corrected chi connectivity index (χ3v) is 6.01. The lowest BCUT2D eigenvalue weighted by molar-refractivity contribution is 0.0706. The molecule has 0 aromatic carbocycles. The van der Waals surface area contributed by atoms with E-state index in [2.05, 4.69) is 20.7 Å². The van der Waals surface area contributed by atoms with Gasteiger partial charge in [-0.1, -0.05) is 12.8 Å². The van der Waals surface area contributed by atoms with Gasteiger partial charge in [0.2, 0.25) is 5.88 Å². The number of hydrogen-bond donors (Lipinski definition) is 2. The summed E-state index contributed by atoms with van der Waals surface area (Å²) in [6.07, 6.45) is 6.99. The highest BCUT2D eigenvalue weighted by Gasteiger charge is 2.36. The number of rotatable bonds is 4. The van der Waals surface area contributed by atoms with Crippen molar-refractivity contribution in [1.29, 1.82) is 0 Å². The molecule has 2 aromatic rings. The van der Waals surface area contributed by atoms with Crippen LogP contribution in [0.4, 0.5) is 11.5 Å². The maximum Gasteiger partial charge on any atom is 0.261 e. The summed E-state index contributed by atoms with van der Waals surface area (Å²) in [6, 6.07) is 1.89. The predicted molar refractivity (Wildman–Crippen MR) is 106 cm³/mol. The summed E-state index contributed by atoms with van der Waals surface area (Å²) in [7, 11) is 1.49. The van der Waals surface area contributed by atoms with Crippen molar-refractivity contribution in [3.8, 4) is 5.88 Å². The van der Waals surface area contributed by atoms with Gasteiger partial charge in [-0.2, -0.15) is 5.10 Å². The Bertz CT molecular complexity index is 979. The molecule has 1 aliphatic carbocycles. The molecule has 0 bridgehead atoms. The van der Waals surface area contributed by atoms with E-state index >= 15 is 0 Å². The Labute approximate surface area is 168 Å². The minimum absolute atomic E-state index is 0.0410. The van der Waals surface area contributed by atoms with E-state index in [4.69, 9.17) is 4.74 Å². The van der Waals surface area contributed by atoms with Crippen LogP contribution in [0.5, 0.6) is 5.88 Å². The fraction of sp³-hybridized carbons (Fsp3) is 0.500. The molecule has 0 radical (unpaired) electrons. The first-order valence-electron chi connectivity index (χ1n) is 10.2. The molecule has 152 valence electrons. The van der Waals surface area contributed by atoms with Crippen LogP contribution in [0.1, 0.15) is 58.5 Å². The van der Waals surface area contributed by atoms with Crippen molar-refractivity contribution in [2.45, 2.75) is 51.2 Å². The van der Waals surface area contributed by atoms with E-state index in [0.29, 0.717) is 23.5 Å². The molecule has 3 aliphatic rings. The van der Waals surface area contributed by atoms with Gasteiger partial charge in [0.05, 0.1) is 31.1 Å². The first-order chi connectivity index (χ1) is 14.2. The van der Waals surface area contributed by atoms with Gasteiger partial charge in [-0.15, -0.1) is 0 Å². The SMILES string of the molecule is COc1nc2c(cc1C(=O)Nc1cnn3c1NCCC3)C(=O)N(C1CCCC1)C2. The van der Waals surface area contributed by atoms with E-state index in [0.717, 1.165) is 51.0 Å². The maximum atomic E-state index is 13.0. The van der Waals surface area contributed by atoms with Crippen molar-refractivity contribution >= 4 is 23.3 Å². The van der Waals surface area contributed by atoms with Crippen molar-refractivity contribution in [3.05, 3.63) is 29.1 Å². The van der Waals surface area contributed by atoms with E-state index in [1.807, 2.05) is 9.58 Å². The summed E-state index contributed by atoms with van der Waals surface area (Å²) >= 11 is 0. The monoisotopic (exact) mass is 396 g/mol. The van der Waals surface area contributed by atoms with E-state index in [1.54, 1.807) is 12.3 Å². The molecule has 9 nitrogen and oxygen atoms in total. The summed E-state index contributed by atoms with van der Waals surface area (Å²) in [4.78, 5) is 32.4. The third-order valence-electron chi connectivity index (χ3n) is 6.01. The van der Waals surface area contributed by atoms with Gasteiger partial charge in [0.1, 0.15) is 17.1 Å². The molecule has 2 N–H and O–H groups in total. The number of pyridine rings is 1. The summed E-state index contributed by atoms with van der Waals surface area (Å²) in [5, 5.41) is 10.4. The highest BCUT2D eigenvalue weighted by molar-refractivity contribution is 6.09. The zero-order chi connectivity index (χ0) is 20.0. The Morgan fingerprint density at radius 1 is 1.31 bits per heavy atom. The van der Waals surface area contributed by atoms with Crippen molar-refractivity contribution < 1.29 is 14.3 Å². The molecule has 1 saturated carbocycles. The number of nitrogens with zero attached hydrogens (tertiary/aromatic N) is 4. The summed E-state index contributed by atoms with van der Waals surface area (Å²) < 4.78 is 7.21. The Hall–Kier alpha value is -3.10. The average Bonchev–Trinajstić information content (AvgIpc) is 3.47. The van der Waals surface area contributed by atoms with Crippen LogP contribution in [0, 0.1) is 0 Å². The van der Waals surface area contributed by atoms with Crippen LogP contribution in [0.2, 0.25) is 0 Å². The lowest BCUT2D eigenvalue weighted by Gasteiger charge is -2.22. The third kappa shape index (κ3) is 3.01. The summed E-state index contributed by atoms with van der Waals surface area (Å²) in [5.41, 5.74) is 2.04. The first kappa shape index (κ1) is 18.0. The van der Waals surface area contributed by atoms with Gasteiger partial charge in [0, 0.05) is 19.1 Å². The van der Waals surface area contributed by atoms with Gasteiger partial charge in [-0.05, 0) is 25.3 Å². The van der Waals surface area contributed by atoms with Crippen LogP contribution in [0.15, 0.2) is 12.3 Å². The Balaban J connectivity index is 1.43. The van der Waals surface area contributed by atoms with Crippen LogP contribution in [0.25, 0.3) is 0 Å². The van der Waals surface area contributed by atoms with E-state index in [1.165, 1.54) is 7.11 Å². The smallest absolute Gasteiger partial charge is 0.261 e. The number of aromatic nitrogens is 3. The summed E-state index contributed by atoms with van der Waals surface area (Å²) in [5.74, 6) is 0.616. The highest BCUT2D eigenvalue weighted by Crippen LogP contribution is 2.33. The van der Waals surface area contributed by atoms with Gasteiger partial charge in [0.15, 0.2) is 0 Å². The molecular formula is C20H24N6O3. The van der Waals surface area contributed by atoms with Gasteiger partial charge in [-0.25, -0.2) is 9.67 Å². The molecule has 0 unspecified atom stereocenters. The normalized spacial score (nSPS) is 18.4. The lowest BCUT2D eigenvalue weighted by atomic mass is 10.1. The number of aryl methyl sites for hydroxylation is 1. The molecule has 2 aromatic heterocycles. The minimum atomic E-state index is -0.368. The predicted octanol–water partition coefficient (Wildman–Crippen LogP) is 2.25. The summed E-state index contributed by atoms with van der Waals surface area (Å²) in [6.45, 7) is 2.13. The molecule has 0 saturated heterocycles. The lowest BCUT2D eigenvalue weighted by Crippen LogP contribution is -2.33. The van der Waals surface area contributed by atoms with Crippen molar-refractivity contribution in [2.75, 3.05) is 24.3 Å². The fourth-order valence-electron chi connectivity index (χ4n) is 4.51. The van der Waals surface area contributed by atoms with Crippen LogP contribution >= 0.6 is 0 Å². The number of methoxy groups -OCH3 is 1. The standard InChI is InChI=1S/C20H24N6O3/c1-29-19-14(18(27)23-15-10-22-26-8-4-7-21-17(15)26)9-13-16(24-19)11-25(20(13)28)12-5-2-3-6-12/h9-10,12,21H,2-8,11H2,1H3,(H,23,27). The van der Waals surface area contributed by atoms with Crippen LogP contribution in [0.3, 0.4) is 0 Å². The minimum Gasteiger partial charge on any atom is -0.480 e. The zero-order valence-corrected chi connectivity index (χ0v) is 16.4. The van der Waals surface area contributed by atoms with Crippen LogP contribution in [-0.4, -0.2) is 51.2 Å². The zero-order valence-electron chi connectivity index (χ0n) is 16.4. The van der Waals surface area contributed by atoms with Gasteiger partial charge >= 0.3 is 0 Å². The number of anilines is 2. The first-order valence-corrected chi connectivity index (χ1v) is 10.2. The van der Waals surface area contributed by atoms with Gasteiger partial charge in [0.25, 0.3) is 11.8 Å². The van der Waals surface area contributed by atoms with Crippen molar-refractivity contribution in [2.24, 2.45) is 0 Å². The number of hydrogen-bond acceptors (Lipinski definition) is 6. The van der Waals surface area contributed by atoms with Gasteiger partial charge in [-0.3, -0.25) is 9.59 Å². The molecule has 9 heteroatoms. The van der Waals surface area contributed by atoms with Gasteiger partial charge < -0.3 is 20.3 Å². The van der Waals surface area contributed by atoms with E-state index < -0.39 is 0 Å². The van der Waals surface area contributed by atoms with Crippen molar-refractivity contribution in [1.82, 2.24) is 19.7 Å². The Morgan fingerprint density at radius 2 is 2.14 bits per heavy atom. The number of ether oxygens (including phenoxy) is 1. The molecule has 5 rings (SSSR count). The van der Waals surface area contributed by atoms with Crippen LogP contribution < -0.4 is 15.4 Å². The topological polar surface area (TPSA) is 101 Å². The number of fused-ring (bicyclic) bond motifs is 2. The highest BCUT2D eigenvalue weighted by atomic mass is 16.5. The molecule has 0 spiro atoms. The molecule has 0 atom stereocenters. The molecule has 29 heavy (non-hydrogen) atoms. The molecule has 1 fully saturated rings. The second-order valence-corrected chi connectivity index (χ2v) is 7.78. The Morgan fingerprint density at radius 3 is 2.93 bits per heavy atom. The number of carbonyl (C=O) groups excluding carboxylic acids is 2. The molecule has 2 aliphatic heterocycles. The second-order valence-electron chi connectivity index (χ2n) is 7.78. The van der Waals surface area contributed by atoms with Crippen LogP contribution in [-0.2, 0) is 13.1 Å². The fourth-order valence-corrected chi connectivity index (χ4v) is 4.51. The second kappa shape index (κ2) is 7.06. The molecule has 2 amide bonds. The molecule has 4 heterocycles. The van der Waals surface area contributed by atoms with E-state index in [-0.39, 0.29) is 29.3 Å². The molecular weight excluding hydrogens is 372 g/mol. The number of amides is 2. The van der Waals surface area contributed by atoms with E-state index in [9.17, 15) is 9.59 Å². The largest absolute Gasteiger partial charge is 0.480 e.